The van der Waals surface area contributed by atoms with Crippen LogP contribution in [0.1, 0.15) is 38.2 Å². The first-order chi connectivity index (χ1) is 13.4. The monoisotopic (exact) mass is 405 g/mol. The molecular weight excluding hydrogens is 374 g/mol. The Bertz CT molecular complexity index is 721. The average Bonchev–Trinajstić information content (AvgIpc) is 3.39. The second kappa shape index (κ2) is 8.99. The molecule has 1 saturated heterocycles. The summed E-state index contributed by atoms with van der Waals surface area (Å²) in [5.74, 6) is 1.64. The zero-order valence-electron chi connectivity index (χ0n) is 17.2. The molecule has 2 atom stereocenters. The summed E-state index contributed by atoms with van der Waals surface area (Å²) in [5.41, 5.74) is 0.989. The second-order valence-electron chi connectivity index (χ2n) is 8.06. The van der Waals surface area contributed by atoms with E-state index in [1.54, 1.807) is 14.2 Å². The Morgan fingerprint density at radius 1 is 1.25 bits per heavy atom. The van der Waals surface area contributed by atoms with Crippen molar-refractivity contribution >= 4 is 23.2 Å². The SMILES string of the molecule is COc1cccc([C@@H]2CN(C(=S)NC3CC3)C[C@H]2C(=O)NCC(C)C)c1OC. The van der Waals surface area contributed by atoms with E-state index in [-0.39, 0.29) is 17.7 Å². The minimum absolute atomic E-state index is 0.0174. The van der Waals surface area contributed by atoms with E-state index in [1.807, 2.05) is 18.2 Å². The van der Waals surface area contributed by atoms with Crippen molar-refractivity contribution in [2.75, 3.05) is 33.9 Å². The summed E-state index contributed by atoms with van der Waals surface area (Å²) in [5, 5.41) is 7.24. The topological polar surface area (TPSA) is 62.8 Å². The molecule has 1 aliphatic heterocycles. The number of para-hydroxylation sites is 1. The lowest BCUT2D eigenvalue weighted by Gasteiger charge is -2.22. The average molecular weight is 406 g/mol. The van der Waals surface area contributed by atoms with Gasteiger partial charge >= 0.3 is 0 Å². The fraction of sp³-hybridized carbons (Fsp3) is 0.619. The number of nitrogens with zero attached hydrogens (tertiary/aromatic N) is 1. The van der Waals surface area contributed by atoms with E-state index in [0.717, 1.165) is 10.7 Å². The Morgan fingerprint density at radius 2 is 2.00 bits per heavy atom. The molecular formula is C21H31N3O3S. The number of nitrogens with one attached hydrogen (secondary N) is 2. The van der Waals surface area contributed by atoms with Crippen molar-refractivity contribution in [2.24, 2.45) is 11.8 Å². The van der Waals surface area contributed by atoms with Crippen molar-refractivity contribution < 1.29 is 14.3 Å². The van der Waals surface area contributed by atoms with Crippen molar-refractivity contribution in [1.82, 2.24) is 15.5 Å². The van der Waals surface area contributed by atoms with Gasteiger partial charge in [0, 0.05) is 37.2 Å². The Labute approximate surface area is 173 Å². The van der Waals surface area contributed by atoms with E-state index in [0.29, 0.717) is 43.1 Å². The van der Waals surface area contributed by atoms with Crippen molar-refractivity contribution in [2.45, 2.75) is 38.6 Å². The Balaban J connectivity index is 1.86. The first-order valence-electron chi connectivity index (χ1n) is 9.98. The number of ether oxygens (including phenoxy) is 2. The van der Waals surface area contributed by atoms with Gasteiger partial charge in [-0.1, -0.05) is 26.0 Å². The van der Waals surface area contributed by atoms with Crippen LogP contribution in [0.4, 0.5) is 0 Å². The minimum atomic E-state index is -0.196. The largest absolute Gasteiger partial charge is 0.493 e. The highest BCUT2D eigenvalue weighted by molar-refractivity contribution is 7.80. The highest BCUT2D eigenvalue weighted by atomic mass is 32.1. The molecule has 1 amide bonds. The molecule has 1 saturated carbocycles. The van der Waals surface area contributed by atoms with E-state index >= 15 is 0 Å². The Hall–Kier alpha value is -2.02. The lowest BCUT2D eigenvalue weighted by molar-refractivity contribution is -0.125. The van der Waals surface area contributed by atoms with Crippen LogP contribution in [0.3, 0.4) is 0 Å². The Morgan fingerprint density at radius 3 is 2.61 bits per heavy atom. The van der Waals surface area contributed by atoms with Gasteiger partial charge < -0.3 is 25.0 Å². The molecule has 1 aromatic rings. The quantitative estimate of drug-likeness (QED) is 0.680. The minimum Gasteiger partial charge on any atom is -0.493 e. The highest BCUT2D eigenvalue weighted by Gasteiger charge is 2.41. The van der Waals surface area contributed by atoms with Crippen LogP contribution in [-0.4, -0.2) is 55.8 Å². The van der Waals surface area contributed by atoms with Gasteiger partial charge in [0.15, 0.2) is 16.6 Å². The summed E-state index contributed by atoms with van der Waals surface area (Å²) in [6.45, 7) is 6.15. The third-order valence-electron chi connectivity index (χ3n) is 5.37. The van der Waals surface area contributed by atoms with E-state index in [2.05, 4.69) is 29.4 Å². The lowest BCUT2D eigenvalue weighted by Crippen LogP contribution is -2.41. The summed E-state index contributed by atoms with van der Waals surface area (Å²) in [6, 6.07) is 6.34. The molecule has 28 heavy (non-hydrogen) atoms. The molecule has 0 unspecified atom stereocenters. The summed E-state index contributed by atoms with van der Waals surface area (Å²) in [4.78, 5) is 15.1. The molecule has 1 aliphatic carbocycles. The van der Waals surface area contributed by atoms with Crippen molar-refractivity contribution in [3.8, 4) is 11.5 Å². The number of carbonyl (C=O) groups excluding carboxylic acids is 1. The zero-order valence-corrected chi connectivity index (χ0v) is 18.0. The number of benzene rings is 1. The third-order valence-corrected chi connectivity index (χ3v) is 5.74. The number of amides is 1. The van der Waals surface area contributed by atoms with Gasteiger partial charge in [-0.05, 0) is 37.0 Å². The maximum absolute atomic E-state index is 13.0. The van der Waals surface area contributed by atoms with Gasteiger partial charge in [-0.2, -0.15) is 0 Å². The van der Waals surface area contributed by atoms with Crippen molar-refractivity contribution in [3.05, 3.63) is 23.8 Å². The number of rotatable bonds is 7. The third kappa shape index (κ3) is 4.69. The molecule has 0 spiro atoms. The summed E-state index contributed by atoms with van der Waals surface area (Å²) >= 11 is 5.62. The van der Waals surface area contributed by atoms with E-state index in [4.69, 9.17) is 21.7 Å². The number of methoxy groups -OCH3 is 2. The summed E-state index contributed by atoms with van der Waals surface area (Å²) < 4.78 is 11.1. The van der Waals surface area contributed by atoms with Crippen LogP contribution in [0, 0.1) is 11.8 Å². The zero-order chi connectivity index (χ0) is 20.3. The van der Waals surface area contributed by atoms with Gasteiger partial charge in [-0.25, -0.2) is 0 Å². The number of hydrogen-bond donors (Lipinski definition) is 2. The summed E-state index contributed by atoms with van der Waals surface area (Å²) in [7, 11) is 3.27. The normalized spacial score (nSPS) is 21.5. The number of hydrogen-bond acceptors (Lipinski definition) is 4. The van der Waals surface area contributed by atoms with Gasteiger partial charge in [-0.15, -0.1) is 0 Å². The molecule has 6 nitrogen and oxygen atoms in total. The van der Waals surface area contributed by atoms with E-state index < -0.39 is 0 Å². The molecule has 0 aromatic heterocycles. The molecule has 1 heterocycles. The fourth-order valence-electron chi connectivity index (χ4n) is 3.68. The molecule has 2 N–H and O–H groups in total. The second-order valence-corrected chi connectivity index (χ2v) is 8.45. The Kier molecular flexibility index (Phi) is 6.65. The van der Waals surface area contributed by atoms with E-state index in [9.17, 15) is 4.79 Å². The van der Waals surface area contributed by atoms with Crippen molar-refractivity contribution in [1.29, 1.82) is 0 Å². The van der Waals surface area contributed by atoms with Crippen LogP contribution in [0.25, 0.3) is 0 Å². The number of likely N-dealkylation sites (tertiary alicyclic amines) is 1. The molecule has 154 valence electrons. The summed E-state index contributed by atoms with van der Waals surface area (Å²) in [6.07, 6.45) is 2.33. The van der Waals surface area contributed by atoms with Crippen LogP contribution in [-0.2, 0) is 4.79 Å². The van der Waals surface area contributed by atoms with Crippen LogP contribution < -0.4 is 20.1 Å². The molecule has 2 aliphatic rings. The maximum Gasteiger partial charge on any atom is 0.225 e. The van der Waals surface area contributed by atoms with Crippen LogP contribution in [0.15, 0.2) is 18.2 Å². The van der Waals surface area contributed by atoms with Gasteiger partial charge in [0.25, 0.3) is 0 Å². The van der Waals surface area contributed by atoms with Gasteiger partial charge in [0.2, 0.25) is 5.91 Å². The molecule has 0 radical (unpaired) electrons. The van der Waals surface area contributed by atoms with Gasteiger partial charge in [0.05, 0.1) is 20.1 Å². The van der Waals surface area contributed by atoms with Gasteiger partial charge in [-0.3, -0.25) is 4.79 Å². The first-order valence-corrected chi connectivity index (χ1v) is 10.4. The molecule has 2 fully saturated rings. The smallest absolute Gasteiger partial charge is 0.225 e. The number of thiocarbonyl (C=S) groups is 1. The molecule has 1 aromatic carbocycles. The standard InChI is InChI=1S/C21H31N3O3S/c1-13(2)10-22-20(25)17-12-24(21(28)23-14-8-9-14)11-16(17)15-6-5-7-18(26-3)19(15)27-4/h5-7,13-14,16-17H,8-12H2,1-4H3,(H,22,25)(H,23,28)/t16-,17+/m0/s1. The van der Waals surface area contributed by atoms with Crippen LogP contribution >= 0.6 is 12.2 Å². The first kappa shape index (κ1) is 20.7. The van der Waals surface area contributed by atoms with Crippen LogP contribution in [0.2, 0.25) is 0 Å². The number of carbonyl (C=O) groups is 1. The van der Waals surface area contributed by atoms with Crippen molar-refractivity contribution in [3.63, 3.8) is 0 Å². The molecule has 7 heteroatoms. The van der Waals surface area contributed by atoms with E-state index in [1.165, 1.54) is 12.8 Å². The predicted molar refractivity (Wildman–Crippen MR) is 114 cm³/mol. The van der Waals surface area contributed by atoms with Crippen LogP contribution in [0.5, 0.6) is 11.5 Å². The predicted octanol–water partition coefficient (Wildman–Crippen LogP) is 2.53. The lowest BCUT2D eigenvalue weighted by atomic mass is 9.87. The maximum atomic E-state index is 13.0. The molecule has 3 rings (SSSR count). The fourth-order valence-corrected chi connectivity index (χ4v) is 4.00. The molecule has 0 bridgehead atoms. The van der Waals surface area contributed by atoms with Gasteiger partial charge in [0.1, 0.15) is 0 Å². The highest BCUT2D eigenvalue weighted by Crippen LogP contribution is 2.42.